The molecule has 0 atom stereocenters. The van der Waals surface area contributed by atoms with Gasteiger partial charge in [0.25, 0.3) is 0 Å². The minimum Gasteiger partial charge on any atom is -0.335 e. The lowest BCUT2D eigenvalue weighted by Crippen LogP contribution is -2.15. The number of tetrazole rings is 1. The Morgan fingerprint density at radius 3 is 1.29 bits per heavy atom. The van der Waals surface area contributed by atoms with E-state index in [0.29, 0.717) is 48.0 Å². The molecule has 32 heteroatoms. The molecule has 10 heterocycles. The molecule has 10 rings (SSSR count). The van der Waals surface area contributed by atoms with Crippen molar-refractivity contribution in [3.63, 3.8) is 0 Å². The highest BCUT2D eigenvalue weighted by Crippen LogP contribution is 2.30. The second kappa shape index (κ2) is 41.3. The monoisotopic (exact) mass is 1310 g/mol. The normalized spacial score (nSPS) is 10.9. The molecule has 26 nitrogen and oxygen atoms in total. The summed E-state index contributed by atoms with van der Waals surface area (Å²) in [5.41, 5.74) is 1.15. The van der Waals surface area contributed by atoms with Crippen molar-refractivity contribution < 1.29 is 26.3 Å². The molecule has 0 aliphatic carbocycles. The van der Waals surface area contributed by atoms with Crippen LogP contribution in [-0.4, -0.2) is 123 Å². The van der Waals surface area contributed by atoms with Gasteiger partial charge in [-0.2, -0.15) is 46.9 Å². The van der Waals surface area contributed by atoms with Crippen LogP contribution in [0.15, 0.2) is 118 Å². The molecule has 0 N–H and O–H groups in total. The zero-order valence-corrected chi connectivity index (χ0v) is 58.1. The van der Waals surface area contributed by atoms with E-state index in [9.17, 15) is 26.3 Å². The van der Waals surface area contributed by atoms with Gasteiger partial charge in [-0.05, 0) is 182 Å². The van der Waals surface area contributed by atoms with Crippen molar-refractivity contribution in [2.24, 2.45) is 0 Å². The first-order valence-corrected chi connectivity index (χ1v) is 30.4. The molecule has 0 bridgehead atoms. The molecule has 514 valence electrons. The second-order valence-corrected chi connectivity index (χ2v) is 23.3. The third-order valence-electron chi connectivity index (χ3n) is 12.3. The summed E-state index contributed by atoms with van der Waals surface area (Å²) in [5, 5.41) is 53.4. The predicted octanol–water partition coefficient (Wildman–Crippen LogP) is 14.4. The lowest BCUT2D eigenvalue weighted by molar-refractivity contribution is -0.147. The Bertz CT molecular complexity index is 3180. The van der Waals surface area contributed by atoms with Gasteiger partial charge in [0, 0.05) is 122 Å². The maximum Gasteiger partial charge on any atom is 0.449 e. The van der Waals surface area contributed by atoms with Crippen LogP contribution in [0.4, 0.5) is 26.3 Å². The standard InChI is InChI=1S/2C7H9F3N2.C7H13N3.C7H9N3.C7H12N2.2C6H10N2.2C5H9N3.C4H8N4/c1-5(2)12-4-6(3-11-12)7(8,9)10;1-5(2)12-4-3-11-6(12)7(8,9)10;1-5(2)10-6(3)8-9-7(10)4;1-6(2)10-7(5-8)3-4-9-10;1-6(2)9-5-8-4-7(9)3;1-6(2)8-4-3-7-5-8;1-6(2)8-5-3-4-7-8;1-5(2)8-3-6-7-4-8;1-5(2)8-4-3-6-7-8;1-4(2)8-3-5-6-7-8/h2*3-5H,1-2H3;5H,1-4H3;3-4,6H,1-2H3;4-6H,1-3H3;2*3-6H,1-2H3;2*3-5H,1-2H3;3-4H,1-2H3. The lowest BCUT2D eigenvalue weighted by Gasteiger charge is -2.12. The van der Waals surface area contributed by atoms with Gasteiger partial charge < -0.3 is 22.8 Å². The summed E-state index contributed by atoms with van der Waals surface area (Å²) in [6.45, 7) is 46.3. The van der Waals surface area contributed by atoms with Gasteiger partial charge >= 0.3 is 12.4 Å². The Kier molecular flexibility index (Phi) is 36.4. The molecule has 10 aromatic heterocycles. The van der Waals surface area contributed by atoms with Crippen LogP contribution in [0.1, 0.15) is 233 Å². The summed E-state index contributed by atoms with van der Waals surface area (Å²) in [4.78, 5) is 11.2. The lowest BCUT2D eigenvalue weighted by atomic mass is 10.3. The first-order chi connectivity index (χ1) is 43.5. The summed E-state index contributed by atoms with van der Waals surface area (Å²) in [7, 11) is 0. The summed E-state index contributed by atoms with van der Waals surface area (Å²) >= 11 is 0. The van der Waals surface area contributed by atoms with Crippen LogP contribution in [0.25, 0.3) is 0 Å². The van der Waals surface area contributed by atoms with E-state index >= 15 is 0 Å². The summed E-state index contributed by atoms with van der Waals surface area (Å²) in [5.74, 6) is 1.15. The van der Waals surface area contributed by atoms with E-state index in [1.165, 1.54) is 16.6 Å². The van der Waals surface area contributed by atoms with Crippen molar-refractivity contribution in [2.45, 2.75) is 232 Å². The van der Waals surface area contributed by atoms with E-state index in [2.05, 4.69) is 186 Å². The van der Waals surface area contributed by atoms with E-state index in [4.69, 9.17) is 5.26 Å². The maximum absolute atomic E-state index is 12.2. The van der Waals surface area contributed by atoms with Gasteiger partial charge in [-0.3, -0.25) is 18.7 Å². The van der Waals surface area contributed by atoms with E-state index in [-0.39, 0.29) is 18.1 Å². The molecule has 0 radical (unpaired) electrons. The highest BCUT2D eigenvalue weighted by Gasteiger charge is 2.36. The highest BCUT2D eigenvalue weighted by molar-refractivity contribution is 5.18. The van der Waals surface area contributed by atoms with Crippen LogP contribution in [0.5, 0.6) is 0 Å². The number of alkyl halides is 6. The van der Waals surface area contributed by atoms with E-state index < -0.39 is 23.7 Å². The Morgan fingerprint density at radius 2 is 1.02 bits per heavy atom. The Balaban J connectivity index is 0.000000518. The quantitative estimate of drug-likeness (QED) is 0.115. The van der Waals surface area contributed by atoms with Crippen molar-refractivity contribution >= 4 is 0 Å². The zero-order valence-electron chi connectivity index (χ0n) is 58.1. The van der Waals surface area contributed by atoms with Crippen LogP contribution < -0.4 is 0 Å². The van der Waals surface area contributed by atoms with Gasteiger partial charge in [-0.25, -0.2) is 19.6 Å². The minimum atomic E-state index is -4.35. The molecule has 0 amide bonds. The van der Waals surface area contributed by atoms with Crippen LogP contribution >= 0.6 is 0 Å². The Hall–Kier alpha value is -9.18. The van der Waals surface area contributed by atoms with Crippen molar-refractivity contribution in [1.82, 2.24) is 123 Å². The van der Waals surface area contributed by atoms with Gasteiger partial charge in [-0.1, -0.05) is 5.21 Å². The first-order valence-electron chi connectivity index (χ1n) is 30.4. The number of aryl methyl sites for hydroxylation is 3. The van der Waals surface area contributed by atoms with Crippen LogP contribution in [-0.2, 0) is 12.4 Å². The van der Waals surface area contributed by atoms with E-state index in [1.54, 1.807) is 91.6 Å². The summed E-state index contributed by atoms with van der Waals surface area (Å²) in [6, 6.07) is 9.01. The largest absolute Gasteiger partial charge is 0.449 e. The second-order valence-electron chi connectivity index (χ2n) is 23.3. The zero-order chi connectivity index (χ0) is 70.8. The fourth-order valence-electron chi connectivity index (χ4n) is 7.20. The Labute approximate surface area is 543 Å². The predicted molar refractivity (Wildman–Crippen MR) is 344 cm³/mol. The van der Waals surface area contributed by atoms with Crippen molar-refractivity contribution in [3.05, 3.63) is 153 Å². The van der Waals surface area contributed by atoms with Crippen molar-refractivity contribution in [1.29, 1.82) is 5.26 Å². The fourth-order valence-corrected chi connectivity index (χ4v) is 7.20. The number of hydrogen-bond acceptors (Lipinski definition) is 16. The number of aromatic nitrogens is 25. The average molecular weight is 1310 g/mol. The van der Waals surface area contributed by atoms with Crippen molar-refractivity contribution in [2.75, 3.05) is 0 Å². The molecule has 0 unspecified atom stereocenters. The number of hydrogen-bond donors (Lipinski definition) is 0. The molecule has 10 aromatic rings. The summed E-state index contributed by atoms with van der Waals surface area (Å²) < 4.78 is 90.2. The SMILES string of the molecule is CC(C)n1cc(C(F)(F)F)cn1.CC(C)n1cccn1.CC(C)n1ccnc1.CC(C)n1ccnc1C(F)(F)F.CC(C)n1ccnn1.CC(C)n1cnnc1.CC(C)n1cnnn1.CC(C)n1nccc1C#N.Cc1cncn1C(C)C.Cc1nnc(C)n1C(C)C. The van der Waals surface area contributed by atoms with Gasteiger partial charge in [0.15, 0.2) is 0 Å². The third-order valence-corrected chi connectivity index (χ3v) is 12.3. The molecule has 0 fully saturated rings. The number of halogens is 6. The van der Waals surface area contributed by atoms with E-state index in [0.717, 1.165) is 34.8 Å². The van der Waals surface area contributed by atoms with Gasteiger partial charge in [0.05, 0.1) is 36.8 Å². The number of nitriles is 1. The van der Waals surface area contributed by atoms with Gasteiger partial charge in [0.2, 0.25) is 5.82 Å². The van der Waals surface area contributed by atoms with Crippen molar-refractivity contribution in [3.8, 4) is 6.07 Å². The molecule has 0 aliphatic rings. The van der Waals surface area contributed by atoms with E-state index in [1.807, 2.05) is 94.3 Å². The first kappa shape index (κ1) is 81.8. The molecule has 0 aliphatic heterocycles. The number of imidazole rings is 3. The van der Waals surface area contributed by atoms with Crippen LogP contribution in [0.2, 0.25) is 0 Å². The number of rotatable bonds is 10. The smallest absolute Gasteiger partial charge is 0.335 e. The van der Waals surface area contributed by atoms with Gasteiger partial charge in [-0.15, -0.1) is 30.6 Å². The third kappa shape index (κ3) is 31.1. The fraction of sp³-hybridized carbons (Fsp3) is 0.574. The average Bonchev–Trinajstić information content (AvgIpc) is 1.82. The molecule has 93 heavy (non-hydrogen) atoms. The summed E-state index contributed by atoms with van der Waals surface area (Å²) in [6.07, 6.45) is 18.9. The minimum absolute atomic E-state index is 0.0406. The molecule has 0 saturated heterocycles. The molecule has 0 aromatic carbocycles. The maximum atomic E-state index is 12.2. The molecule has 0 saturated carbocycles. The Morgan fingerprint density at radius 1 is 0.441 bits per heavy atom. The highest BCUT2D eigenvalue weighted by atomic mass is 19.4. The molecular weight excluding hydrogens is 1210 g/mol. The van der Waals surface area contributed by atoms with Crippen LogP contribution in [0.3, 0.4) is 0 Å². The van der Waals surface area contributed by atoms with Crippen LogP contribution in [0, 0.1) is 32.1 Å². The molecule has 0 spiro atoms. The topological polar surface area (TPSA) is 266 Å². The van der Waals surface area contributed by atoms with Gasteiger partial charge in [0.1, 0.15) is 42.4 Å². The number of nitrogens with zero attached hydrogens (tertiary/aromatic N) is 26. The molecular formula is C61H98F6N26.